The summed E-state index contributed by atoms with van der Waals surface area (Å²) in [6, 6.07) is 10.8. The minimum atomic E-state index is -0.860. The van der Waals surface area contributed by atoms with E-state index >= 15 is 8.78 Å². The first-order valence-corrected chi connectivity index (χ1v) is 13.2. The quantitative estimate of drug-likeness (QED) is 0.120. The number of pyridine rings is 1. The van der Waals surface area contributed by atoms with Crippen LogP contribution in [0.4, 0.5) is 24.7 Å². The first kappa shape index (κ1) is 31.1. The highest BCUT2D eigenvalue weighted by Crippen LogP contribution is 2.37. The third-order valence-electron chi connectivity index (χ3n) is 6.63. The van der Waals surface area contributed by atoms with E-state index in [2.05, 4.69) is 21.9 Å². The van der Waals surface area contributed by atoms with E-state index in [-0.39, 0.29) is 52.7 Å². The van der Waals surface area contributed by atoms with Gasteiger partial charge in [0.15, 0.2) is 5.82 Å². The first-order chi connectivity index (χ1) is 19.7. The van der Waals surface area contributed by atoms with Gasteiger partial charge >= 0.3 is 0 Å². The number of benzene rings is 2. The van der Waals surface area contributed by atoms with Crippen LogP contribution in [0.25, 0.3) is 11.3 Å². The van der Waals surface area contributed by atoms with Crippen LogP contribution in [0, 0.1) is 17.5 Å². The van der Waals surface area contributed by atoms with Gasteiger partial charge in [-0.2, -0.15) is 0 Å². The van der Waals surface area contributed by atoms with Crippen LogP contribution < -0.4 is 10.2 Å². The van der Waals surface area contributed by atoms with Gasteiger partial charge in [-0.3, -0.25) is 19.5 Å². The fourth-order valence-corrected chi connectivity index (χ4v) is 4.63. The number of amidine groups is 1. The molecule has 7 nitrogen and oxygen atoms in total. The summed E-state index contributed by atoms with van der Waals surface area (Å²) in [5.41, 5.74) is 0.0742. The number of rotatable bonds is 13. The van der Waals surface area contributed by atoms with Crippen molar-refractivity contribution >= 4 is 30.2 Å². The maximum absolute atomic E-state index is 15.8. The van der Waals surface area contributed by atoms with E-state index in [0.29, 0.717) is 31.3 Å². The molecule has 0 radical (unpaired) electrons. The van der Waals surface area contributed by atoms with Crippen molar-refractivity contribution in [2.45, 2.75) is 39.2 Å². The Hall–Kier alpha value is -4.47. The Morgan fingerprint density at radius 1 is 1.05 bits per heavy atom. The SMILES string of the molecule is C=CCCN(/C(=N/C)c1cc(F)c(-c2ccccc2F)nc1N(C=O)c1c(F)cccc1C(C)C)C(C)CNC=O. The molecule has 0 saturated carbocycles. The van der Waals surface area contributed by atoms with Crippen molar-refractivity contribution in [2.24, 2.45) is 4.99 Å². The van der Waals surface area contributed by atoms with Crippen LogP contribution in [-0.2, 0) is 9.59 Å². The number of hydrogen-bond acceptors (Lipinski definition) is 4. The van der Waals surface area contributed by atoms with E-state index < -0.39 is 17.5 Å². The van der Waals surface area contributed by atoms with Crippen molar-refractivity contribution in [3.05, 3.63) is 89.8 Å². The molecule has 1 aromatic heterocycles. The molecule has 1 atom stereocenters. The standard InChI is InChI=1S/C31H34F3N5O2/c1-6-7-15-38(21(4)17-36-18-40)30(35-5)24-16-27(34)28(23-11-8-9-13-25(23)32)37-31(24)39(19-41)29-22(20(2)3)12-10-14-26(29)33/h6,8-14,16,18-21H,1,7,15,17H2,2-5H3,(H,36,40)/b35-30+. The van der Waals surface area contributed by atoms with Crippen molar-refractivity contribution < 1.29 is 22.8 Å². The Morgan fingerprint density at radius 2 is 1.76 bits per heavy atom. The predicted octanol–water partition coefficient (Wildman–Crippen LogP) is 5.97. The molecule has 0 aliphatic carbocycles. The fourth-order valence-electron chi connectivity index (χ4n) is 4.63. The second-order valence-corrected chi connectivity index (χ2v) is 9.67. The van der Waals surface area contributed by atoms with Gasteiger partial charge in [0.05, 0.1) is 11.3 Å². The number of amides is 2. The lowest BCUT2D eigenvalue weighted by Crippen LogP contribution is -2.45. The molecule has 1 N–H and O–H groups in total. The average Bonchev–Trinajstić information content (AvgIpc) is 2.96. The number of carbonyl (C=O) groups is 2. The Bertz CT molecular complexity index is 1430. The second-order valence-electron chi connectivity index (χ2n) is 9.67. The van der Waals surface area contributed by atoms with Crippen LogP contribution in [0.2, 0.25) is 0 Å². The Morgan fingerprint density at radius 3 is 2.37 bits per heavy atom. The molecule has 1 unspecified atom stereocenters. The number of nitrogens with zero attached hydrogens (tertiary/aromatic N) is 4. The summed E-state index contributed by atoms with van der Waals surface area (Å²) in [6.45, 7) is 9.93. The van der Waals surface area contributed by atoms with Crippen LogP contribution in [-0.4, -0.2) is 54.7 Å². The lowest BCUT2D eigenvalue weighted by molar-refractivity contribution is -0.109. The van der Waals surface area contributed by atoms with E-state index in [9.17, 15) is 14.0 Å². The molecular weight excluding hydrogens is 531 g/mol. The molecule has 2 aromatic carbocycles. The van der Waals surface area contributed by atoms with Crippen LogP contribution in [0.15, 0.2) is 66.2 Å². The van der Waals surface area contributed by atoms with Gasteiger partial charge in [-0.05, 0) is 49.1 Å². The zero-order valence-electron chi connectivity index (χ0n) is 23.6. The molecular formula is C31H34F3N5O2. The van der Waals surface area contributed by atoms with E-state index in [1.54, 1.807) is 18.2 Å². The topological polar surface area (TPSA) is 77.9 Å². The largest absolute Gasteiger partial charge is 0.357 e. The van der Waals surface area contributed by atoms with Crippen molar-refractivity contribution in [3.63, 3.8) is 0 Å². The summed E-state index contributed by atoms with van der Waals surface area (Å²) in [5, 5.41) is 2.63. The van der Waals surface area contributed by atoms with Gasteiger partial charge in [0.2, 0.25) is 12.8 Å². The summed E-state index contributed by atoms with van der Waals surface area (Å²) >= 11 is 0. The first-order valence-electron chi connectivity index (χ1n) is 13.2. The lowest BCUT2D eigenvalue weighted by Gasteiger charge is -2.34. The van der Waals surface area contributed by atoms with Crippen molar-refractivity contribution in [3.8, 4) is 11.3 Å². The van der Waals surface area contributed by atoms with E-state index in [4.69, 9.17) is 0 Å². The summed E-state index contributed by atoms with van der Waals surface area (Å²) in [5.74, 6) is -2.34. The predicted molar refractivity (Wildman–Crippen MR) is 156 cm³/mol. The number of anilines is 2. The maximum atomic E-state index is 15.8. The molecule has 0 saturated heterocycles. The van der Waals surface area contributed by atoms with Crippen LogP contribution in [0.5, 0.6) is 0 Å². The van der Waals surface area contributed by atoms with Crippen molar-refractivity contribution in [1.29, 1.82) is 0 Å². The van der Waals surface area contributed by atoms with Gasteiger partial charge in [-0.15, -0.1) is 6.58 Å². The Kier molecular flexibility index (Phi) is 10.8. The van der Waals surface area contributed by atoms with Gasteiger partial charge in [0.1, 0.15) is 29.0 Å². The molecule has 0 bridgehead atoms. The van der Waals surface area contributed by atoms with Crippen molar-refractivity contribution in [1.82, 2.24) is 15.2 Å². The maximum Gasteiger partial charge on any atom is 0.220 e. The molecule has 216 valence electrons. The third kappa shape index (κ3) is 6.82. The van der Waals surface area contributed by atoms with E-state index in [1.165, 1.54) is 37.4 Å². The second kappa shape index (κ2) is 14.2. The molecule has 3 rings (SSSR count). The summed E-state index contributed by atoms with van der Waals surface area (Å²) in [7, 11) is 1.50. The number of hydrogen-bond donors (Lipinski definition) is 1. The molecule has 2 amide bonds. The molecule has 1 heterocycles. The normalized spacial score (nSPS) is 12.1. The van der Waals surface area contributed by atoms with Crippen LogP contribution in [0.3, 0.4) is 0 Å². The lowest BCUT2D eigenvalue weighted by atomic mass is 9.99. The summed E-state index contributed by atoms with van der Waals surface area (Å²) in [6.07, 6.45) is 3.19. The Labute approximate surface area is 238 Å². The Balaban J connectivity index is 2.39. The van der Waals surface area contributed by atoms with Gasteiger partial charge in [0.25, 0.3) is 0 Å². The molecule has 0 aliphatic rings. The number of carbonyl (C=O) groups excluding carboxylic acids is 2. The number of aliphatic imine (C=N–C) groups is 1. The number of nitrogens with one attached hydrogen (secondary N) is 1. The fraction of sp³-hybridized carbons (Fsp3) is 0.290. The van der Waals surface area contributed by atoms with Crippen LogP contribution in [0.1, 0.15) is 44.2 Å². The molecule has 41 heavy (non-hydrogen) atoms. The van der Waals surface area contributed by atoms with Gasteiger partial charge in [-0.1, -0.05) is 44.2 Å². The van der Waals surface area contributed by atoms with E-state index in [1.807, 2.05) is 25.7 Å². The van der Waals surface area contributed by atoms with Crippen LogP contribution >= 0.6 is 0 Å². The number of halogens is 3. The molecule has 10 heteroatoms. The average molecular weight is 566 g/mol. The highest BCUT2D eigenvalue weighted by atomic mass is 19.1. The summed E-state index contributed by atoms with van der Waals surface area (Å²) in [4.78, 5) is 35.5. The highest BCUT2D eigenvalue weighted by molar-refractivity contribution is 6.06. The molecule has 0 aliphatic heterocycles. The summed E-state index contributed by atoms with van der Waals surface area (Å²) < 4.78 is 46.1. The zero-order valence-corrected chi connectivity index (χ0v) is 23.6. The third-order valence-corrected chi connectivity index (χ3v) is 6.63. The minimum Gasteiger partial charge on any atom is -0.357 e. The van der Waals surface area contributed by atoms with E-state index in [0.717, 1.165) is 11.0 Å². The molecule has 3 aromatic rings. The number of para-hydroxylation sites is 1. The van der Waals surface area contributed by atoms with Gasteiger partial charge in [-0.25, -0.2) is 18.2 Å². The minimum absolute atomic E-state index is 0.0545. The zero-order chi connectivity index (χ0) is 30.1. The molecule has 0 spiro atoms. The monoisotopic (exact) mass is 565 g/mol. The van der Waals surface area contributed by atoms with Gasteiger partial charge < -0.3 is 10.2 Å². The van der Waals surface area contributed by atoms with Crippen molar-refractivity contribution in [2.75, 3.05) is 25.0 Å². The van der Waals surface area contributed by atoms with Gasteiger partial charge in [0, 0.05) is 31.7 Å². The smallest absolute Gasteiger partial charge is 0.220 e. The highest BCUT2D eigenvalue weighted by Gasteiger charge is 2.30. The molecule has 0 fully saturated rings. The number of aromatic nitrogens is 1.